The second kappa shape index (κ2) is 9.21. The summed E-state index contributed by atoms with van der Waals surface area (Å²) in [4.78, 5) is 13.3. The highest BCUT2D eigenvalue weighted by Gasteiger charge is 2.20. The second-order valence-corrected chi connectivity index (χ2v) is 7.21. The molecule has 0 unspecified atom stereocenters. The summed E-state index contributed by atoms with van der Waals surface area (Å²) in [7, 11) is 0. The van der Waals surface area contributed by atoms with Gasteiger partial charge in [0.05, 0.1) is 6.26 Å². The summed E-state index contributed by atoms with van der Waals surface area (Å²) in [6, 6.07) is 20.9. The maximum Gasteiger partial charge on any atom is 0.274 e. The molecule has 0 radical (unpaired) electrons. The summed E-state index contributed by atoms with van der Waals surface area (Å²) in [6.07, 6.45) is 4.22. The lowest BCUT2D eigenvalue weighted by atomic mass is 9.99. The molecule has 0 fully saturated rings. The molecule has 31 heavy (non-hydrogen) atoms. The number of nitrogens with zero attached hydrogens (tertiary/aromatic N) is 4. The van der Waals surface area contributed by atoms with Crippen molar-refractivity contribution < 1.29 is 9.21 Å². The van der Waals surface area contributed by atoms with E-state index in [1.54, 1.807) is 24.5 Å². The van der Waals surface area contributed by atoms with Crippen LogP contribution in [-0.2, 0) is 4.79 Å². The maximum absolute atomic E-state index is 13.3. The Morgan fingerprint density at radius 2 is 1.87 bits per heavy atom. The second-order valence-electron chi connectivity index (χ2n) is 7.21. The van der Waals surface area contributed by atoms with Crippen LogP contribution in [0.25, 0.3) is 23.2 Å². The van der Waals surface area contributed by atoms with Gasteiger partial charge in [0.25, 0.3) is 5.91 Å². The molecule has 2 aromatic heterocycles. The Morgan fingerprint density at radius 3 is 2.55 bits per heavy atom. The molecule has 0 bridgehead atoms. The van der Waals surface area contributed by atoms with Crippen molar-refractivity contribution in [2.45, 2.75) is 26.2 Å². The number of carbonyl (C=O) groups is 1. The van der Waals surface area contributed by atoms with Crippen molar-refractivity contribution >= 4 is 23.4 Å². The van der Waals surface area contributed by atoms with Crippen LogP contribution in [0.4, 0.5) is 5.69 Å². The van der Waals surface area contributed by atoms with Crippen molar-refractivity contribution in [2.24, 2.45) is 0 Å². The number of tetrazole rings is 1. The van der Waals surface area contributed by atoms with E-state index in [1.165, 1.54) is 10.2 Å². The lowest BCUT2D eigenvalue weighted by Gasteiger charge is -2.12. The lowest BCUT2D eigenvalue weighted by molar-refractivity contribution is -0.111. The minimum atomic E-state index is -0.350. The molecule has 156 valence electrons. The summed E-state index contributed by atoms with van der Waals surface area (Å²) >= 11 is 0. The van der Waals surface area contributed by atoms with Gasteiger partial charge in [0.2, 0.25) is 0 Å². The zero-order chi connectivity index (χ0) is 21.6. The van der Waals surface area contributed by atoms with Crippen LogP contribution in [-0.4, -0.2) is 26.1 Å². The minimum Gasteiger partial charge on any atom is -0.465 e. The Labute approximate surface area is 180 Å². The van der Waals surface area contributed by atoms with E-state index in [4.69, 9.17) is 4.42 Å². The van der Waals surface area contributed by atoms with Crippen LogP contribution >= 0.6 is 0 Å². The first kappa shape index (κ1) is 20.3. The summed E-state index contributed by atoms with van der Waals surface area (Å²) in [6.45, 7) is 4.34. The van der Waals surface area contributed by atoms with Gasteiger partial charge in [-0.25, -0.2) is 0 Å². The highest BCUT2D eigenvalue weighted by molar-refractivity contribution is 6.24. The topological polar surface area (TPSA) is 85.8 Å². The fourth-order valence-corrected chi connectivity index (χ4v) is 3.17. The van der Waals surface area contributed by atoms with E-state index < -0.39 is 0 Å². The van der Waals surface area contributed by atoms with Gasteiger partial charge < -0.3 is 9.73 Å². The highest BCUT2D eigenvalue weighted by atomic mass is 16.3. The van der Waals surface area contributed by atoms with Gasteiger partial charge in [0, 0.05) is 17.3 Å². The van der Waals surface area contributed by atoms with Crippen LogP contribution in [0.2, 0.25) is 0 Å². The van der Waals surface area contributed by atoms with Gasteiger partial charge in [0.15, 0.2) is 5.82 Å². The summed E-state index contributed by atoms with van der Waals surface area (Å²) in [5.74, 6) is 1.10. The number of aromatic nitrogens is 4. The van der Waals surface area contributed by atoms with Crippen LogP contribution in [0.1, 0.15) is 37.5 Å². The van der Waals surface area contributed by atoms with Crippen LogP contribution in [0, 0.1) is 0 Å². The Morgan fingerprint density at radius 1 is 1.10 bits per heavy atom. The molecule has 0 saturated heterocycles. The average Bonchev–Trinajstić information content (AvgIpc) is 3.50. The number of anilines is 1. The van der Waals surface area contributed by atoms with Crippen molar-refractivity contribution in [3.63, 3.8) is 0 Å². The Balaban J connectivity index is 1.67. The van der Waals surface area contributed by atoms with Gasteiger partial charge in [-0.3, -0.25) is 4.79 Å². The molecule has 1 amide bonds. The molecule has 2 heterocycles. The number of nitrogens with one attached hydrogen (secondary N) is 1. The zero-order valence-corrected chi connectivity index (χ0v) is 17.4. The van der Waals surface area contributed by atoms with Crippen molar-refractivity contribution in [3.05, 3.63) is 84.3 Å². The number of benzene rings is 2. The van der Waals surface area contributed by atoms with Crippen LogP contribution in [0.15, 0.2) is 77.4 Å². The van der Waals surface area contributed by atoms with Gasteiger partial charge in [-0.2, -0.15) is 4.68 Å². The average molecular weight is 413 g/mol. The third-order valence-corrected chi connectivity index (χ3v) is 5.13. The van der Waals surface area contributed by atoms with Gasteiger partial charge in [-0.15, -0.1) is 5.10 Å². The Kier molecular flexibility index (Phi) is 6.03. The monoisotopic (exact) mass is 413 g/mol. The summed E-state index contributed by atoms with van der Waals surface area (Å²) in [5, 5.41) is 14.9. The third-order valence-electron chi connectivity index (χ3n) is 5.13. The van der Waals surface area contributed by atoms with Gasteiger partial charge in [-0.1, -0.05) is 56.3 Å². The molecular weight excluding hydrogens is 390 g/mol. The predicted molar refractivity (Wildman–Crippen MR) is 120 cm³/mol. The van der Waals surface area contributed by atoms with Crippen molar-refractivity contribution in [2.75, 3.05) is 5.32 Å². The molecule has 1 atom stereocenters. The van der Waals surface area contributed by atoms with Gasteiger partial charge >= 0.3 is 0 Å². The molecule has 0 saturated carbocycles. The number of rotatable bonds is 7. The van der Waals surface area contributed by atoms with E-state index in [2.05, 4.69) is 34.7 Å². The number of amides is 1. The lowest BCUT2D eigenvalue weighted by Crippen LogP contribution is -2.19. The Bertz CT molecular complexity index is 1160. The number of hydrogen-bond acceptors (Lipinski definition) is 5. The first-order chi connectivity index (χ1) is 15.2. The van der Waals surface area contributed by atoms with Crippen molar-refractivity contribution in [1.29, 1.82) is 0 Å². The van der Waals surface area contributed by atoms with Crippen LogP contribution in [0.3, 0.4) is 0 Å². The molecule has 2 aromatic carbocycles. The quantitative estimate of drug-likeness (QED) is 0.427. The minimum absolute atomic E-state index is 0.241. The van der Waals surface area contributed by atoms with E-state index in [0.717, 1.165) is 12.0 Å². The van der Waals surface area contributed by atoms with Crippen LogP contribution in [0.5, 0.6) is 0 Å². The van der Waals surface area contributed by atoms with Gasteiger partial charge in [0.1, 0.15) is 11.5 Å². The number of furan rings is 1. The summed E-state index contributed by atoms with van der Waals surface area (Å²) < 4.78 is 6.84. The van der Waals surface area contributed by atoms with E-state index in [0.29, 0.717) is 23.2 Å². The van der Waals surface area contributed by atoms with E-state index in [9.17, 15) is 4.79 Å². The molecule has 7 heteroatoms. The number of carbonyl (C=O) groups excluding carboxylic acids is 1. The van der Waals surface area contributed by atoms with Crippen LogP contribution < -0.4 is 5.32 Å². The molecule has 7 nitrogen and oxygen atoms in total. The molecule has 0 spiro atoms. The van der Waals surface area contributed by atoms with Crippen molar-refractivity contribution in [1.82, 2.24) is 20.2 Å². The molecular formula is C24H23N5O2. The normalized spacial score (nSPS) is 12.5. The largest absolute Gasteiger partial charge is 0.465 e. The molecule has 0 aliphatic carbocycles. The maximum atomic E-state index is 13.3. The fraction of sp³-hybridized carbons (Fsp3) is 0.167. The Hall–Kier alpha value is -4.00. The predicted octanol–water partition coefficient (Wildman–Crippen LogP) is 5.08. The van der Waals surface area contributed by atoms with Crippen molar-refractivity contribution in [3.8, 4) is 11.4 Å². The molecule has 4 rings (SSSR count). The van der Waals surface area contributed by atoms with E-state index in [1.807, 2.05) is 54.6 Å². The molecule has 4 aromatic rings. The zero-order valence-electron chi connectivity index (χ0n) is 17.4. The first-order valence-electron chi connectivity index (χ1n) is 10.2. The standard InChI is InChI=1S/C24H23N5O2/c1-3-17(2)18-11-13-20(14-12-18)25-24(30)22(16-21-10-7-15-31-21)29-23(26-27-28-29)19-8-5-4-6-9-19/h4-17H,3H2,1-2H3,(H,25,30)/b22-16-/t17-/m1/s1. The molecule has 0 aliphatic rings. The smallest absolute Gasteiger partial charge is 0.274 e. The first-order valence-corrected chi connectivity index (χ1v) is 10.2. The van der Waals surface area contributed by atoms with Gasteiger partial charge in [-0.05, 0) is 52.6 Å². The third kappa shape index (κ3) is 4.61. The molecule has 0 aliphatic heterocycles. The SMILES string of the molecule is CC[C@@H](C)c1ccc(NC(=O)/C(=C/c2ccco2)n2nnnc2-c2ccccc2)cc1. The van der Waals surface area contributed by atoms with E-state index >= 15 is 0 Å². The fourth-order valence-electron chi connectivity index (χ4n) is 3.17. The highest BCUT2D eigenvalue weighted by Crippen LogP contribution is 2.23. The number of hydrogen-bond donors (Lipinski definition) is 1. The summed E-state index contributed by atoms with van der Waals surface area (Å²) in [5.41, 5.74) is 2.96. The molecule has 1 N–H and O–H groups in total. The van der Waals surface area contributed by atoms with E-state index in [-0.39, 0.29) is 11.6 Å².